The molecule has 4 aromatic rings. The van der Waals surface area contributed by atoms with Crippen LogP contribution in [0.3, 0.4) is 0 Å². The van der Waals surface area contributed by atoms with Crippen LogP contribution < -0.4 is 0 Å². The Kier molecular flexibility index (Phi) is 4.04. The second kappa shape index (κ2) is 6.65. The number of nitriles is 1. The van der Waals surface area contributed by atoms with Crippen molar-refractivity contribution < 1.29 is 0 Å². The molecule has 3 aromatic heterocycles. The summed E-state index contributed by atoms with van der Waals surface area (Å²) in [6.07, 6.45) is 7.19. The van der Waals surface area contributed by atoms with E-state index in [0.29, 0.717) is 12.1 Å². The van der Waals surface area contributed by atoms with E-state index >= 15 is 0 Å². The van der Waals surface area contributed by atoms with E-state index in [9.17, 15) is 0 Å². The second-order valence-electron chi connectivity index (χ2n) is 6.02. The van der Waals surface area contributed by atoms with Gasteiger partial charge >= 0.3 is 0 Å². The summed E-state index contributed by atoms with van der Waals surface area (Å²) in [6, 6.07) is 15.8. The summed E-state index contributed by atoms with van der Waals surface area (Å²) in [5.74, 6) is 0. The van der Waals surface area contributed by atoms with Gasteiger partial charge in [-0.25, -0.2) is 4.98 Å². The first-order valence-electron chi connectivity index (χ1n) is 8.18. The molecule has 0 N–H and O–H groups in total. The maximum absolute atomic E-state index is 8.90. The van der Waals surface area contributed by atoms with Gasteiger partial charge < -0.3 is 4.57 Å². The number of imidazole rings is 1. The molecule has 0 aliphatic carbocycles. The van der Waals surface area contributed by atoms with Gasteiger partial charge in [0.15, 0.2) is 0 Å². The maximum atomic E-state index is 8.90. The van der Waals surface area contributed by atoms with Crippen molar-refractivity contribution >= 4 is 0 Å². The topological polar surface area (TPSA) is 72.3 Å². The minimum atomic E-state index is 0.554. The molecule has 126 valence electrons. The predicted octanol–water partition coefficient (Wildman–Crippen LogP) is 3.27. The smallest absolute Gasteiger partial charge is 0.101 e. The maximum Gasteiger partial charge on any atom is 0.101 e. The quantitative estimate of drug-likeness (QED) is 0.571. The molecule has 0 unspecified atom stereocenters. The van der Waals surface area contributed by atoms with Crippen LogP contribution in [0.15, 0.2) is 67.4 Å². The molecule has 0 aliphatic rings. The SMILES string of the molecule is Cn1cncc1Cn1ccc(-c2cccc(-c3ccc(C#N)cn3)c2)n1. The molecule has 0 aliphatic heterocycles. The van der Waals surface area contributed by atoms with E-state index in [4.69, 9.17) is 5.26 Å². The van der Waals surface area contributed by atoms with E-state index in [1.165, 1.54) is 0 Å². The van der Waals surface area contributed by atoms with E-state index in [2.05, 4.69) is 27.2 Å². The largest absolute Gasteiger partial charge is 0.336 e. The number of hydrogen-bond donors (Lipinski definition) is 0. The first kappa shape index (κ1) is 15.8. The van der Waals surface area contributed by atoms with Gasteiger partial charge in [0.2, 0.25) is 0 Å². The molecular formula is C20H16N6. The van der Waals surface area contributed by atoms with Crippen molar-refractivity contribution in [1.82, 2.24) is 24.3 Å². The van der Waals surface area contributed by atoms with Gasteiger partial charge in [0.25, 0.3) is 0 Å². The van der Waals surface area contributed by atoms with E-state index in [-0.39, 0.29) is 0 Å². The van der Waals surface area contributed by atoms with Crippen molar-refractivity contribution in [3.8, 4) is 28.6 Å². The molecule has 3 heterocycles. The molecular weight excluding hydrogens is 324 g/mol. The lowest BCUT2D eigenvalue weighted by molar-refractivity contribution is 0.650. The Balaban J connectivity index is 1.60. The van der Waals surface area contributed by atoms with Crippen molar-refractivity contribution in [3.63, 3.8) is 0 Å². The number of aryl methyl sites for hydroxylation is 1. The monoisotopic (exact) mass is 340 g/mol. The minimum Gasteiger partial charge on any atom is -0.336 e. The Bertz CT molecular complexity index is 1080. The normalized spacial score (nSPS) is 10.6. The molecule has 0 fully saturated rings. The number of hydrogen-bond acceptors (Lipinski definition) is 4. The van der Waals surface area contributed by atoms with E-state index in [1.54, 1.807) is 18.6 Å². The number of aromatic nitrogens is 5. The van der Waals surface area contributed by atoms with Crippen LogP contribution in [0.5, 0.6) is 0 Å². The van der Waals surface area contributed by atoms with Gasteiger partial charge in [0.05, 0.1) is 41.7 Å². The van der Waals surface area contributed by atoms with Crippen LogP contribution in [-0.4, -0.2) is 24.3 Å². The van der Waals surface area contributed by atoms with Crippen molar-refractivity contribution in [3.05, 3.63) is 78.6 Å². The fourth-order valence-corrected chi connectivity index (χ4v) is 2.78. The van der Waals surface area contributed by atoms with Crippen LogP contribution in [0.1, 0.15) is 11.3 Å². The van der Waals surface area contributed by atoms with Gasteiger partial charge in [-0.1, -0.05) is 18.2 Å². The van der Waals surface area contributed by atoms with Gasteiger partial charge in [-0.15, -0.1) is 0 Å². The van der Waals surface area contributed by atoms with Gasteiger partial charge in [0.1, 0.15) is 6.07 Å². The summed E-state index contributed by atoms with van der Waals surface area (Å²) in [5, 5.41) is 13.6. The lowest BCUT2D eigenvalue weighted by Crippen LogP contribution is -2.04. The van der Waals surface area contributed by atoms with E-state index < -0.39 is 0 Å². The second-order valence-corrected chi connectivity index (χ2v) is 6.02. The fourth-order valence-electron chi connectivity index (χ4n) is 2.78. The molecule has 6 heteroatoms. The van der Waals surface area contributed by atoms with Gasteiger partial charge in [-0.3, -0.25) is 9.67 Å². The zero-order chi connectivity index (χ0) is 17.9. The van der Waals surface area contributed by atoms with Crippen LogP contribution in [0.25, 0.3) is 22.5 Å². The molecule has 0 bridgehead atoms. The van der Waals surface area contributed by atoms with Gasteiger partial charge in [-0.2, -0.15) is 10.4 Å². The molecule has 1 aromatic carbocycles. The average molecular weight is 340 g/mol. The lowest BCUT2D eigenvalue weighted by atomic mass is 10.1. The molecule has 0 saturated heterocycles. The standard InChI is InChI=1S/C20H16N6/c1-25-14-22-12-18(25)13-26-8-7-20(24-26)17-4-2-3-16(9-17)19-6-5-15(10-21)11-23-19/h2-9,11-12,14H,13H2,1H3. The summed E-state index contributed by atoms with van der Waals surface area (Å²) in [6.45, 7) is 0.674. The summed E-state index contributed by atoms with van der Waals surface area (Å²) in [4.78, 5) is 8.50. The zero-order valence-electron chi connectivity index (χ0n) is 14.2. The van der Waals surface area contributed by atoms with Crippen LogP contribution in [0.2, 0.25) is 0 Å². The molecule has 4 rings (SSSR count). The summed E-state index contributed by atoms with van der Waals surface area (Å²) >= 11 is 0. The van der Waals surface area contributed by atoms with Gasteiger partial charge in [-0.05, 0) is 24.3 Å². The van der Waals surface area contributed by atoms with Crippen LogP contribution in [0.4, 0.5) is 0 Å². The summed E-state index contributed by atoms with van der Waals surface area (Å²) in [7, 11) is 1.97. The third-order valence-electron chi connectivity index (χ3n) is 4.23. The molecule has 6 nitrogen and oxygen atoms in total. The highest BCUT2D eigenvalue weighted by Crippen LogP contribution is 2.24. The van der Waals surface area contributed by atoms with E-state index in [1.807, 2.05) is 59.0 Å². The number of pyridine rings is 1. The minimum absolute atomic E-state index is 0.554. The molecule has 0 saturated carbocycles. The Hall–Kier alpha value is -3.72. The number of nitrogens with zero attached hydrogens (tertiary/aromatic N) is 6. The van der Waals surface area contributed by atoms with Crippen molar-refractivity contribution in [2.75, 3.05) is 0 Å². The predicted molar refractivity (Wildman–Crippen MR) is 97.9 cm³/mol. The lowest BCUT2D eigenvalue weighted by Gasteiger charge is -2.04. The third-order valence-corrected chi connectivity index (χ3v) is 4.23. The highest BCUT2D eigenvalue weighted by atomic mass is 15.3. The van der Waals surface area contributed by atoms with E-state index in [0.717, 1.165) is 28.2 Å². The third kappa shape index (κ3) is 3.10. The molecule has 0 atom stereocenters. The Morgan fingerprint density at radius 3 is 2.58 bits per heavy atom. The number of benzene rings is 1. The fraction of sp³-hybridized carbons (Fsp3) is 0.100. The van der Waals surface area contributed by atoms with Crippen LogP contribution in [-0.2, 0) is 13.6 Å². The zero-order valence-corrected chi connectivity index (χ0v) is 14.2. The highest BCUT2D eigenvalue weighted by molar-refractivity contribution is 5.69. The van der Waals surface area contributed by atoms with Gasteiger partial charge in [0, 0.05) is 30.6 Å². The average Bonchev–Trinajstić information content (AvgIpc) is 3.32. The van der Waals surface area contributed by atoms with Crippen molar-refractivity contribution in [1.29, 1.82) is 5.26 Å². The first-order valence-corrected chi connectivity index (χ1v) is 8.18. The van der Waals surface area contributed by atoms with Crippen molar-refractivity contribution in [2.45, 2.75) is 6.54 Å². The Labute approximate surface area is 151 Å². The Morgan fingerprint density at radius 2 is 1.88 bits per heavy atom. The molecule has 0 spiro atoms. The molecule has 0 radical (unpaired) electrons. The first-order chi connectivity index (χ1) is 12.7. The van der Waals surface area contributed by atoms with Crippen LogP contribution >= 0.6 is 0 Å². The number of rotatable bonds is 4. The van der Waals surface area contributed by atoms with Crippen molar-refractivity contribution in [2.24, 2.45) is 7.05 Å². The summed E-state index contributed by atoms with van der Waals surface area (Å²) in [5.41, 5.74) is 5.41. The molecule has 26 heavy (non-hydrogen) atoms. The Morgan fingerprint density at radius 1 is 1.04 bits per heavy atom. The highest BCUT2D eigenvalue weighted by Gasteiger charge is 2.07. The molecule has 0 amide bonds. The summed E-state index contributed by atoms with van der Waals surface area (Å²) < 4.78 is 3.89. The van der Waals surface area contributed by atoms with Crippen LogP contribution in [0, 0.1) is 11.3 Å².